The van der Waals surface area contributed by atoms with Crippen LogP contribution in [0.4, 0.5) is 0 Å². The standard InChI is InChI=1S/C25H27N5S/c1-3-9-21(10-4-1)24(22-11-5-2-6-12-22)29-17-15-28(16-18-29)19-20-31-25-27-26-23-13-7-8-14-30(23)25/h1-14,24H,15-20H2. The molecule has 0 aliphatic carbocycles. The summed E-state index contributed by atoms with van der Waals surface area (Å²) in [5, 5.41) is 9.55. The molecule has 158 valence electrons. The van der Waals surface area contributed by atoms with Crippen molar-refractivity contribution >= 4 is 17.4 Å². The fraction of sp³-hybridized carbons (Fsp3) is 0.280. The van der Waals surface area contributed by atoms with Gasteiger partial charge in [-0.05, 0) is 23.3 Å². The second kappa shape index (κ2) is 9.64. The van der Waals surface area contributed by atoms with Crippen molar-refractivity contribution in [3.8, 4) is 0 Å². The first kappa shape index (κ1) is 20.2. The van der Waals surface area contributed by atoms with Crippen LogP contribution in [-0.4, -0.2) is 62.9 Å². The Bertz CT molecular complexity index is 1050. The number of hydrogen-bond acceptors (Lipinski definition) is 5. The molecule has 0 unspecified atom stereocenters. The molecule has 1 fully saturated rings. The molecule has 0 saturated carbocycles. The third kappa shape index (κ3) is 4.66. The molecule has 4 aromatic rings. The zero-order valence-electron chi connectivity index (χ0n) is 17.5. The first-order valence-corrected chi connectivity index (χ1v) is 11.9. The SMILES string of the molecule is c1ccc(C(c2ccccc2)N2CCN(CCSc3nnc4ccccn34)CC2)cc1. The molecule has 0 atom stereocenters. The molecule has 2 aromatic carbocycles. The molecule has 0 bridgehead atoms. The summed E-state index contributed by atoms with van der Waals surface area (Å²) in [5.74, 6) is 1.02. The number of piperazine rings is 1. The van der Waals surface area contributed by atoms with Crippen molar-refractivity contribution in [1.29, 1.82) is 0 Å². The highest BCUT2D eigenvalue weighted by Gasteiger charge is 2.26. The number of fused-ring (bicyclic) bond motifs is 1. The van der Waals surface area contributed by atoms with Crippen LogP contribution < -0.4 is 0 Å². The molecule has 0 amide bonds. The first-order chi connectivity index (χ1) is 15.4. The molecule has 2 aromatic heterocycles. The van der Waals surface area contributed by atoms with Crippen molar-refractivity contribution in [3.63, 3.8) is 0 Å². The van der Waals surface area contributed by atoms with E-state index in [-0.39, 0.29) is 0 Å². The third-order valence-electron chi connectivity index (χ3n) is 5.92. The summed E-state index contributed by atoms with van der Waals surface area (Å²) in [6.45, 7) is 5.41. The van der Waals surface area contributed by atoms with Gasteiger partial charge in [0.05, 0.1) is 6.04 Å². The van der Waals surface area contributed by atoms with E-state index >= 15 is 0 Å². The Morgan fingerprint density at radius 1 is 0.742 bits per heavy atom. The smallest absolute Gasteiger partial charge is 0.195 e. The van der Waals surface area contributed by atoms with Gasteiger partial charge in [0.1, 0.15) is 0 Å². The highest BCUT2D eigenvalue weighted by Crippen LogP contribution is 2.29. The predicted octanol–water partition coefficient (Wildman–Crippen LogP) is 4.23. The summed E-state index contributed by atoms with van der Waals surface area (Å²) in [7, 11) is 0. The van der Waals surface area contributed by atoms with Crippen LogP contribution >= 0.6 is 11.8 Å². The van der Waals surface area contributed by atoms with E-state index < -0.39 is 0 Å². The van der Waals surface area contributed by atoms with E-state index in [4.69, 9.17) is 0 Å². The Morgan fingerprint density at radius 3 is 2.06 bits per heavy atom. The number of pyridine rings is 1. The first-order valence-electron chi connectivity index (χ1n) is 10.9. The minimum absolute atomic E-state index is 0.321. The molecule has 0 N–H and O–H groups in total. The third-order valence-corrected chi connectivity index (χ3v) is 6.85. The van der Waals surface area contributed by atoms with Crippen LogP contribution in [0.1, 0.15) is 17.2 Å². The Labute approximate surface area is 187 Å². The minimum atomic E-state index is 0.321. The average Bonchev–Trinajstić information content (AvgIpc) is 3.25. The molecule has 5 rings (SSSR count). The maximum Gasteiger partial charge on any atom is 0.195 e. The van der Waals surface area contributed by atoms with Gasteiger partial charge in [-0.25, -0.2) is 0 Å². The van der Waals surface area contributed by atoms with E-state index in [1.54, 1.807) is 11.8 Å². The molecule has 6 heteroatoms. The van der Waals surface area contributed by atoms with Crippen molar-refractivity contribution in [2.24, 2.45) is 0 Å². The van der Waals surface area contributed by atoms with Gasteiger partial charge in [-0.1, -0.05) is 78.5 Å². The second-order valence-corrected chi connectivity index (χ2v) is 8.92. The van der Waals surface area contributed by atoms with Gasteiger partial charge in [-0.2, -0.15) is 0 Å². The minimum Gasteiger partial charge on any atom is -0.300 e. The number of nitrogens with zero attached hydrogens (tertiary/aromatic N) is 5. The van der Waals surface area contributed by atoms with Crippen LogP contribution in [0.25, 0.3) is 5.65 Å². The number of hydrogen-bond donors (Lipinski definition) is 0. The van der Waals surface area contributed by atoms with E-state index in [0.29, 0.717) is 6.04 Å². The molecule has 31 heavy (non-hydrogen) atoms. The second-order valence-electron chi connectivity index (χ2n) is 7.86. The number of rotatable bonds is 7. The maximum absolute atomic E-state index is 4.33. The van der Waals surface area contributed by atoms with Gasteiger partial charge >= 0.3 is 0 Å². The molecule has 0 spiro atoms. The van der Waals surface area contributed by atoms with E-state index in [0.717, 1.165) is 49.3 Å². The van der Waals surface area contributed by atoms with Gasteiger partial charge in [0.15, 0.2) is 10.8 Å². The maximum atomic E-state index is 4.33. The molecular formula is C25H27N5S. The molecule has 1 aliphatic heterocycles. The van der Waals surface area contributed by atoms with Crippen LogP contribution in [0.2, 0.25) is 0 Å². The quantitative estimate of drug-likeness (QED) is 0.411. The van der Waals surface area contributed by atoms with E-state index in [2.05, 4.69) is 85.1 Å². The van der Waals surface area contributed by atoms with Crippen LogP contribution in [0, 0.1) is 0 Å². The topological polar surface area (TPSA) is 36.7 Å². The number of aromatic nitrogens is 3. The molecule has 1 aliphatic rings. The van der Waals surface area contributed by atoms with Crippen molar-refractivity contribution in [1.82, 2.24) is 24.4 Å². The van der Waals surface area contributed by atoms with Crippen molar-refractivity contribution in [3.05, 3.63) is 96.2 Å². The number of benzene rings is 2. The summed E-state index contributed by atoms with van der Waals surface area (Å²) in [6, 6.07) is 28.1. The van der Waals surface area contributed by atoms with Gasteiger partial charge < -0.3 is 0 Å². The van der Waals surface area contributed by atoms with Crippen LogP contribution in [0.15, 0.2) is 90.2 Å². The monoisotopic (exact) mass is 429 g/mol. The fourth-order valence-electron chi connectivity index (χ4n) is 4.31. The molecule has 1 saturated heterocycles. The molecular weight excluding hydrogens is 402 g/mol. The largest absolute Gasteiger partial charge is 0.300 e. The number of thioether (sulfide) groups is 1. The van der Waals surface area contributed by atoms with Crippen LogP contribution in [0.3, 0.4) is 0 Å². The summed E-state index contributed by atoms with van der Waals surface area (Å²) >= 11 is 1.79. The lowest BCUT2D eigenvalue weighted by molar-refractivity contribution is 0.114. The Kier molecular flexibility index (Phi) is 6.30. The molecule has 3 heterocycles. The Morgan fingerprint density at radius 2 is 1.39 bits per heavy atom. The lowest BCUT2D eigenvalue weighted by Gasteiger charge is -2.39. The van der Waals surface area contributed by atoms with Gasteiger partial charge in [0, 0.05) is 44.7 Å². The molecule has 5 nitrogen and oxygen atoms in total. The zero-order valence-corrected chi connectivity index (χ0v) is 18.4. The summed E-state index contributed by atoms with van der Waals surface area (Å²) in [4.78, 5) is 5.19. The lowest BCUT2D eigenvalue weighted by Crippen LogP contribution is -2.48. The van der Waals surface area contributed by atoms with Gasteiger partial charge in [-0.15, -0.1) is 10.2 Å². The lowest BCUT2D eigenvalue weighted by atomic mass is 9.96. The highest BCUT2D eigenvalue weighted by molar-refractivity contribution is 7.99. The van der Waals surface area contributed by atoms with Gasteiger partial charge in [0.25, 0.3) is 0 Å². The summed E-state index contributed by atoms with van der Waals surface area (Å²) in [5.41, 5.74) is 3.65. The molecule has 0 radical (unpaired) electrons. The van der Waals surface area contributed by atoms with Crippen LogP contribution in [-0.2, 0) is 0 Å². The fourth-order valence-corrected chi connectivity index (χ4v) is 5.24. The van der Waals surface area contributed by atoms with Crippen molar-refractivity contribution in [2.75, 3.05) is 38.5 Å². The Hall–Kier alpha value is -2.67. The van der Waals surface area contributed by atoms with E-state index in [1.165, 1.54) is 11.1 Å². The van der Waals surface area contributed by atoms with E-state index in [1.807, 2.05) is 24.4 Å². The van der Waals surface area contributed by atoms with Crippen molar-refractivity contribution in [2.45, 2.75) is 11.2 Å². The highest BCUT2D eigenvalue weighted by atomic mass is 32.2. The average molecular weight is 430 g/mol. The summed E-state index contributed by atoms with van der Waals surface area (Å²) < 4.78 is 2.06. The summed E-state index contributed by atoms with van der Waals surface area (Å²) in [6.07, 6.45) is 2.03. The predicted molar refractivity (Wildman–Crippen MR) is 126 cm³/mol. The normalized spacial score (nSPS) is 15.6. The van der Waals surface area contributed by atoms with Gasteiger partial charge in [-0.3, -0.25) is 14.2 Å². The van der Waals surface area contributed by atoms with Crippen LogP contribution in [0.5, 0.6) is 0 Å². The zero-order chi connectivity index (χ0) is 20.9. The van der Waals surface area contributed by atoms with Crippen molar-refractivity contribution < 1.29 is 0 Å². The van der Waals surface area contributed by atoms with E-state index in [9.17, 15) is 0 Å². The Balaban J connectivity index is 1.19. The van der Waals surface area contributed by atoms with Gasteiger partial charge in [0.2, 0.25) is 0 Å².